The van der Waals surface area contributed by atoms with Gasteiger partial charge in [0.25, 0.3) is 5.69 Å². The number of nitro benzene ring substituents is 1. The SMILES string of the molecule is CN1CC[C@H]2[C@@H](CCN2Cc2cccc([N+](=O)[O-])c2)C1. The van der Waals surface area contributed by atoms with Crippen LogP contribution in [0.15, 0.2) is 24.3 Å². The fourth-order valence-electron chi connectivity index (χ4n) is 3.66. The summed E-state index contributed by atoms with van der Waals surface area (Å²) in [5.41, 5.74) is 1.25. The lowest BCUT2D eigenvalue weighted by atomic mass is 9.93. The quantitative estimate of drug-likeness (QED) is 0.626. The third kappa shape index (κ3) is 2.69. The van der Waals surface area contributed by atoms with Crippen LogP contribution in [0.4, 0.5) is 5.69 Å². The maximum Gasteiger partial charge on any atom is 0.269 e. The van der Waals surface area contributed by atoms with E-state index in [4.69, 9.17) is 0 Å². The highest BCUT2D eigenvalue weighted by Gasteiger charge is 2.37. The number of non-ortho nitro benzene ring substituents is 1. The summed E-state index contributed by atoms with van der Waals surface area (Å²) in [6.07, 6.45) is 2.47. The van der Waals surface area contributed by atoms with E-state index >= 15 is 0 Å². The molecule has 2 fully saturated rings. The summed E-state index contributed by atoms with van der Waals surface area (Å²) < 4.78 is 0. The van der Waals surface area contributed by atoms with Crippen LogP contribution in [0.25, 0.3) is 0 Å². The Morgan fingerprint density at radius 1 is 1.35 bits per heavy atom. The van der Waals surface area contributed by atoms with Gasteiger partial charge in [-0.05, 0) is 44.5 Å². The Hall–Kier alpha value is -1.46. The van der Waals surface area contributed by atoms with Gasteiger partial charge in [0.15, 0.2) is 0 Å². The minimum Gasteiger partial charge on any atom is -0.306 e. The molecule has 5 nitrogen and oxygen atoms in total. The van der Waals surface area contributed by atoms with E-state index in [1.165, 1.54) is 19.4 Å². The summed E-state index contributed by atoms with van der Waals surface area (Å²) in [5.74, 6) is 0.771. The first-order chi connectivity index (χ1) is 9.63. The fourth-order valence-corrected chi connectivity index (χ4v) is 3.66. The fraction of sp³-hybridized carbons (Fsp3) is 0.600. The van der Waals surface area contributed by atoms with Crippen LogP contribution in [0.2, 0.25) is 0 Å². The summed E-state index contributed by atoms with van der Waals surface area (Å²) in [6.45, 7) is 4.31. The van der Waals surface area contributed by atoms with E-state index in [0.717, 1.165) is 31.1 Å². The Bertz CT molecular complexity index is 506. The number of hydrogen-bond donors (Lipinski definition) is 0. The minimum atomic E-state index is -0.314. The normalized spacial score (nSPS) is 27.4. The van der Waals surface area contributed by atoms with Crippen LogP contribution in [0.5, 0.6) is 0 Å². The monoisotopic (exact) mass is 275 g/mol. The van der Waals surface area contributed by atoms with Crippen molar-refractivity contribution in [3.8, 4) is 0 Å². The van der Waals surface area contributed by atoms with E-state index < -0.39 is 0 Å². The van der Waals surface area contributed by atoms with Gasteiger partial charge in [0.1, 0.15) is 0 Å². The number of piperidine rings is 1. The molecule has 2 aliphatic rings. The average molecular weight is 275 g/mol. The van der Waals surface area contributed by atoms with E-state index in [2.05, 4.69) is 16.8 Å². The molecule has 0 aromatic heterocycles. The molecule has 0 amide bonds. The Labute approximate surface area is 119 Å². The minimum absolute atomic E-state index is 0.196. The number of nitro groups is 1. The molecule has 1 aromatic rings. The Morgan fingerprint density at radius 2 is 2.20 bits per heavy atom. The summed E-state index contributed by atoms with van der Waals surface area (Å²) in [4.78, 5) is 15.5. The number of nitrogens with zero attached hydrogens (tertiary/aromatic N) is 3. The lowest BCUT2D eigenvalue weighted by Crippen LogP contribution is -2.44. The molecule has 0 spiro atoms. The summed E-state index contributed by atoms with van der Waals surface area (Å²) in [6, 6.07) is 7.71. The largest absolute Gasteiger partial charge is 0.306 e. The zero-order chi connectivity index (χ0) is 14.1. The third-order valence-corrected chi connectivity index (χ3v) is 4.66. The zero-order valence-electron chi connectivity index (χ0n) is 11.9. The molecule has 0 bridgehead atoms. The highest BCUT2D eigenvalue weighted by molar-refractivity contribution is 5.34. The molecule has 0 unspecified atom stereocenters. The Kier molecular flexibility index (Phi) is 3.72. The van der Waals surface area contributed by atoms with Gasteiger partial charge in [0, 0.05) is 31.3 Å². The molecule has 2 aliphatic heterocycles. The second-order valence-electron chi connectivity index (χ2n) is 6.06. The lowest BCUT2D eigenvalue weighted by Gasteiger charge is -2.36. The molecular formula is C15H21N3O2. The molecule has 5 heteroatoms. The van der Waals surface area contributed by atoms with Crippen molar-refractivity contribution >= 4 is 5.69 Å². The van der Waals surface area contributed by atoms with Crippen LogP contribution in [0.1, 0.15) is 18.4 Å². The Morgan fingerprint density at radius 3 is 3.00 bits per heavy atom. The topological polar surface area (TPSA) is 49.6 Å². The van der Waals surface area contributed by atoms with Gasteiger partial charge in [-0.25, -0.2) is 0 Å². The van der Waals surface area contributed by atoms with E-state index in [1.807, 2.05) is 6.07 Å². The van der Waals surface area contributed by atoms with Crippen LogP contribution >= 0.6 is 0 Å². The molecule has 0 saturated carbocycles. The molecule has 108 valence electrons. The maximum atomic E-state index is 10.8. The van der Waals surface area contributed by atoms with E-state index in [9.17, 15) is 10.1 Å². The van der Waals surface area contributed by atoms with Gasteiger partial charge in [-0.15, -0.1) is 0 Å². The van der Waals surface area contributed by atoms with Gasteiger partial charge in [-0.3, -0.25) is 15.0 Å². The smallest absolute Gasteiger partial charge is 0.269 e. The molecule has 3 rings (SSSR count). The summed E-state index contributed by atoms with van der Waals surface area (Å²) >= 11 is 0. The molecule has 2 heterocycles. The van der Waals surface area contributed by atoms with Crippen molar-refractivity contribution in [2.45, 2.75) is 25.4 Å². The lowest BCUT2D eigenvalue weighted by molar-refractivity contribution is -0.384. The van der Waals surface area contributed by atoms with Crippen LogP contribution in [0.3, 0.4) is 0 Å². The van der Waals surface area contributed by atoms with E-state index in [-0.39, 0.29) is 10.6 Å². The molecule has 0 radical (unpaired) electrons. The van der Waals surface area contributed by atoms with E-state index in [1.54, 1.807) is 18.2 Å². The van der Waals surface area contributed by atoms with Crippen LogP contribution < -0.4 is 0 Å². The number of fused-ring (bicyclic) bond motifs is 1. The standard InChI is InChI=1S/C15H21N3O2/c1-16-7-6-15-13(11-16)5-8-17(15)10-12-3-2-4-14(9-12)18(19)20/h2-4,9,13,15H,5-8,10-11H2,1H3/t13-,15-/m0/s1. The van der Waals surface area contributed by atoms with Crippen molar-refractivity contribution in [2.24, 2.45) is 5.92 Å². The van der Waals surface area contributed by atoms with Crippen molar-refractivity contribution in [1.82, 2.24) is 9.80 Å². The van der Waals surface area contributed by atoms with Crippen molar-refractivity contribution in [3.05, 3.63) is 39.9 Å². The van der Waals surface area contributed by atoms with Gasteiger partial charge >= 0.3 is 0 Å². The first kappa shape index (κ1) is 13.5. The second-order valence-corrected chi connectivity index (χ2v) is 6.06. The molecule has 0 N–H and O–H groups in total. The van der Waals surface area contributed by atoms with Gasteiger partial charge in [0.05, 0.1) is 4.92 Å². The molecular weight excluding hydrogens is 254 g/mol. The molecule has 2 saturated heterocycles. The van der Waals surface area contributed by atoms with Crippen LogP contribution in [0, 0.1) is 16.0 Å². The van der Waals surface area contributed by atoms with E-state index in [0.29, 0.717) is 6.04 Å². The first-order valence-corrected chi connectivity index (χ1v) is 7.29. The second kappa shape index (κ2) is 5.50. The molecule has 0 aliphatic carbocycles. The predicted octanol–water partition coefficient (Wildman–Crippen LogP) is 2.12. The molecule has 2 atom stereocenters. The van der Waals surface area contributed by atoms with Gasteiger partial charge in [-0.1, -0.05) is 12.1 Å². The van der Waals surface area contributed by atoms with Crippen molar-refractivity contribution in [3.63, 3.8) is 0 Å². The van der Waals surface area contributed by atoms with Crippen LogP contribution in [-0.2, 0) is 6.54 Å². The average Bonchev–Trinajstić information content (AvgIpc) is 2.81. The summed E-state index contributed by atoms with van der Waals surface area (Å²) in [7, 11) is 2.19. The number of likely N-dealkylation sites (tertiary alicyclic amines) is 2. The summed E-state index contributed by atoms with van der Waals surface area (Å²) in [5, 5.41) is 10.8. The highest BCUT2D eigenvalue weighted by atomic mass is 16.6. The predicted molar refractivity (Wildman–Crippen MR) is 77.5 cm³/mol. The van der Waals surface area contributed by atoms with Crippen molar-refractivity contribution in [2.75, 3.05) is 26.7 Å². The highest BCUT2D eigenvalue weighted by Crippen LogP contribution is 2.32. The number of benzene rings is 1. The van der Waals surface area contributed by atoms with Crippen LogP contribution in [-0.4, -0.2) is 47.4 Å². The van der Waals surface area contributed by atoms with Gasteiger partial charge in [0.2, 0.25) is 0 Å². The Balaban J connectivity index is 1.69. The van der Waals surface area contributed by atoms with Gasteiger partial charge < -0.3 is 4.90 Å². The maximum absolute atomic E-state index is 10.8. The van der Waals surface area contributed by atoms with Gasteiger partial charge in [-0.2, -0.15) is 0 Å². The third-order valence-electron chi connectivity index (χ3n) is 4.66. The number of hydrogen-bond acceptors (Lipinski definition) is 4. The molecule has 20 heavy (non-hydrogen) atoms. The van der Waals surface area contributed by atoms with Crippen molar-refractivity contribution < 1.29 is 4.92 Å². The molecule has 1 aromatic carbocycles. The number of rotatable bonds is 3. The van der Waals surface area contributed by atoms with Crippen molar-refractivity contribution in [1.29, 1.82) is 0 Å². The first-order valence-electron chi connectivity index (χ1n) is 7.29. The zero-order valence-corrected chi connectivity index (χ0v) is 11.9.